The van der Waals surface area contributed by atoms with Gasteiger partial charge in [-0.2, -0.15) is 0 Å². The largest absolute Gasteiger partial charge is 0.481 e. The molecule has 2 rings (SSSR count). The van der Waals surface area contributed by atoms with Crippen LogP contribution in [0.2, 0.25) is 0 Å². The van der Waals surface area contributed by atoms with Gasteiger partial charge in [0.1, 0.15) is 0 Å². The summed E-state index contributed by atoms with van der Waals surface area (Å²) < 4.78 is 0. The number of carbonyl (C=O) groups is 2. The van der Waals surface area contributed by atoms with Gasteiger partial charge in [0.25, 0.3) is 0 Å². The molecule has 98 valence electrons. The van der Waals surface area contributed by atoms with E-state index in [9.17, 15) is 9.59 Å². The number of benzene rings is 2. The van der Waals surface area contributed by atoms with Crippen LogP contribution in [-0.2, 0) is 16.0 Å². The number of fused-ring (bicyclic) bond motifs is 1. The number of aliphatic carboxylic acids is 2. The topological polar surface area (TPSA) is 74.6 Å². The predicted molar refractivity (Wildman–Crippen MR) is 71.0 cm³/mol. The van der Waals surface area contributed by atoms with Crippen LogP contribution in [0.25, 0.3) is 10.8 Å². The third-order valence-electron chi connectivity index (χ3n) is 3.12. The van der Waals surface area contributed by atoms with Crippen LogP contribution < -0.4 is 0 Å². The summed E-state index contributed by atoms with van der Waals surface area (Å²) in [7, 11) is 0. The summed E-state index contributed by atoms with van der Waals surface area (Å²) >= 11 is 0. The van der Waals surface area contributed by atoms with E-state index in [0.29, 0.717) is 0 Å². The van der Waals surface area contributed by atoms with E-state index in [1.807, 2.05) is 42.5 Å². The lowest BCUT2D eigenvalue weighted by Gasteiger charge is -2.12. The summed E-state index contributed by atoms with van der Waals surface area (Å²) in [6, 6.07) is 13.3. The Morgan fingerprint density at radius 1 is 1.00 bits per heavy atom. The third-order valence-corrected chi connectivity index (χ3v) is 3.12. The number of carboxylic acid groups (broad SMARTS) is 2. The average Bonchev–Trinajstić information content (AvgIpc) is 2.37. The number of rotatable bonds is 5. The standard InChI is InChI=1S/C15H14O4/c16-14(17)9-12(15(18)19)8-11-6-3-5-10-4-1-2-7-13(10)11/h1-7,12H,8-9H2,(H,16,17)(H,18,19)/t12-/m1/s1. The molecule has 0 heterocycles. The highest BCUT2D eigenvalue weighted by Crippen LogP contribution is 2.22. The molecule has 0 amide bonds. The van der Waals surface area contributed by atoms with Gasteiger partial charge in [0.2, 0.25) is 0 Å². The van der Waals surface area contributed by atoms with Gasteiger partial charge < -0.3 is 10.2 Å². The minimum absolute atomic E-state index is 0.225. The molecular weight excluding hydrogens is 244 g/mol. The molecule has 2 N–H and O–H groups in total. The van der Waals surface area contributed by atoms with E-state index in [4.69, 9.17) is 10.2 Å². The van der Waals surface area contributed by atoms with Crippen molar-refractivity contribution in [3.63, 3.8) is 0 Å². The van der Waals surface area contributed by atoms with Gasteiger partial charge in [0, 0.05) is 0 Å². The lowest BCUT2D eigenvalue weighted by molar-refractivity contribution is -0.148. The Bertz CT molecular complexity index is 613. The molecule has 0 aromatic heterocycles. The Kier molecular flexibility index (Phi) is 3.80. The van der Waals surface area contributed by atoms with Gasteiger partial charge in [-0.25, -0.2) is 0 Å². The highest BCUT2D eigenvalue weighted by Gasteiger charge is 2.22. The monoisotopic (exact) mass is 258 g/mol. The fraction of sp³-hybridized carbons (Fsp3) is 0.200. The third kappa shape index (κ3) is 3.10. The SMILES string of the molecule is O=C(O)C[C@@H](Cc1cccc2ccccc12)C(=O)O. The highest BCUT2D eigenvalue weighted by atomic mass is 16.4. The second kappa shape index (κ2) is 5.52. The first-order valence-electron chi connectivity index (χ1n) is 5.99. The second-order valence-corrected chi connectivity index (χ2v) is 4.48. The van der Waals surface area contributed by atoms with Crippen molar-refractivity contribution in [1.82, 2.24) is 0 Å². The Morgan fingerprint density at radius 2 is 1.68 bits per heavy atom. The molecule has 0 aliphatic rings. The molecule has 0 spiro atoms. The number of hydrogen-bond donors (Lipinski definition) is 2. The predicted octanol–water partition coefficient (Wildman–Crippen LogP) is 2.56. The van der Waals surface area contributed by atoms with Gasteiger partial charge >= 0.3 is 11.9 Å². The van der Waals surface area contributed by atoms with Gasteiger partial charge in [0.05, 0.1) is 12.3 Å². The highest BCUT2D eigenvalue weighted by molar-refractivity contribution is 5.86. The molecule has 0 aliphatic carbocycles. The first-order valence-corrected chi connectivity index (χ1v) is 5.99. The van der Waals surface area contributed by atoms with Crippen LogP contribution in [-0.4, -0.2) is 22.2 Å². The molecule has 4 heteroatoms. The van der Waals surface area contributed by atoms with Crippen LogP contribution >= 0.6 is 0 Å². The van der Waals surface area contributed by atoms with Crippen molar-refractivity contribution >= 4 is 22.7 Å². The lowest BCUT2D eigenvalue weighted by atomic mass is 9.93. The fourth-order valence-corrected chi connectivity index (χ4v) is 2.19. The van der Waals surface area contributed by atoms with Crippen LogP contribution in [0.3, 0.4) is 0 Å². The van der Waals surface area contributed by atoms with Gasteiger partial charge in [-0.15, -0.1) is 0 Å². The molecule has 0 radical (unpaired) electrons. The Hall–Kier alpha value is -2.36. The zero-order valence-corrected chi connectivity index (χ0v) is 10.2. The molecule has 2 aromatic carbocycles. The number of hydrogen-bond acceptors (Lipinski definition) is 2. The lowest BCUT2D eigenvalue weighted by Crippen LogP contribution is -2.20. The van der Waals surface area contributed by atoms with Crippen LogP contribution in [0.5, 0.6) is 0 Å². The van der Waals surface area contributed by atoms with Gasteiger partial charge in [-0.1, -0.05) is 42.5 Å². The van der Waals surface area contributed by atoms with E-state index in [0.717, 1.165) is 16.3 Å². The maximum atomic E-state index is 11.1. The minimum Gasteiger partial charge on any atom is -0.481 e. The molecule has 0 bridgehead atoms. The van der Waals surface area contributed by atoms with Crippen molar-refractivity contribution < 1.29 is 19.8 Å². The van der Waals surface area contributed by atoms with Crippen LogP contribution in [0.4, 0.5) is 0 Å². The van der Waals surface area contributed by atoms with E-state index >= 15 is 0 Å². The van der Waals surface area contributed by atoms with Crippen molar-refractivity contribution in [2.45, 2.75) is 12.8 Å². The van der Waals surface area contributed by atoms with E-state index in [1.54, 1.807) is 0 Å². The zero-order valence-electron chi connectivity index (χ0n) is 10.2. The zero-order chi connectivity index (χ0) is 13.8. The molecular formula is C15H14O4. The van der Waals surface area contributed by atoms with Crippen LogP contribution in [0.15, 0.2) is 42.5 Å². The fourth-order valence-electron chi connectivity index (χ4n) is 2.19. The maximum Gasteiger partial charge on any atom is 0.307 e. The molecule has 0 aliphatic heterocycles. The summed E-state index contributed by atoms with van der Waals surface area (Å²) in [5.41, 5.74) is 0.867. The van der Waals surface area contributed by atoms with E-state index in [1.165, 1.54) is 0 Å². The normalized spacial score (nSPS) is 12.2. The van der Waals surface area contributed by atoms with E-state index < -0.39 is 17.9 Å². The quantitative estimate of drug-likeness (QED) is 0.864. The van der Waals surface area contributed by atoms with Crippen LogP contribution in [0.1, 0.15) is 12.0 Å². The smallest absolute Gasteiger partial charge is 0.307 e. The van der Waals surface area contributed by atoms with Crippen molar-refractivity contribution in [2.24, 2.45) is 5.92 Å². The Labute approximate surface area is 110 Å². The molecule has 0 saturated heterocycles. The second-order valence-electron chi connectivity index (χ2n) is 4.48. The Morgan fingerprint density at radius 3 is 2.37 bits per heavy atom. The molecule has 19 heavy (non-hydrogen) atoms. The van der Waals surface area contributed by atoms with Crippen molar-refractivity contribution in [1.29, 1.82) is 0 Å². The maximum absolute atomic E-state index is 11.1. The molecule has 0 unspecified atom stereocenters. The summed E-state index contributed by atoms with van der Waals surface area (Å²) in [5.74, 6) is -3.06. The van der Waals surface area contributed by atoms with E-state index in [-0.39, 0.29) is 12.8 Å². The first kappa shape index (κ1) is 13.1. The van der Waals surface area contributed by atoms with Crippen LogP contribution in [0, 0.1) is 5.92 Å². The summed E-state index contributed by atoms with van der Waals surface area (Å²) in [6.07, 6.45) is -0.137. The van der Waals surface area contributed by atoms with Crippen molar-refractivity contribution in [3.05, 3.63) is 48.0 Å². The number of carboxylic acids is 2. The minimum atomic E-state index is -1.09. The molecule has 0 saturated carbocycles. The summed E-state index contributed by atoms with van der Waals surface area (Å²) in [5, 5.41) is 19.9. The van der Waals surface area contributed by atoms with Crippen molar-refractivity contribution in [2.75, 3.05) is 0 Å². The molecule has 2 aromatic rings. The van der Waals surface area contributed by atoms with Gasteiger partial charge in [0.15, 0.2) is 0 Å². The van der Waals surface area contributed by atoms with Gasteiger partial charge in [-0.3, -0.25) is 9.59 Å². The molecule has 0 fully saturated rings. The summed E-state index contributed by atoms with van der Waals surface area (Å²) in [4.78, 5) is 21.8. The average molecular weight is 258 g/mol. The summed E-state index contributed by atoms with van der Waals surface area (Å²) in [6.45, 7) is 0. The Balaban J connectivity index is 2.33. The van der Waals surface area contributed by atoms with Gasteiger partial charge in [-0.05, 0) is 22.8 Å². The van der Waals surface area contributed by atoms with Crippen molar-refractivity contribution in [3.8, 4) is 0 Å². The molecule has 1 atom stereocenters. The first-order chi connectivity index (χ1) is 9.08. The van der Waals surface area contributed by atoms with E-state index in [2.05, 4.69) is 0 Å². The molecule has 4 nitrogen and oxygen atoms in total.